The molecule has 3 N–H and O–H groups in total. The van der Waals surface area contributed by atoms with Gasteiger partial charge in [-0.15, -0.1) is 0 Å². The molecular weight excluding hydrogens is 452 g/mol. The van der Waals surface area contributed by atoms with Crippen LogP contribution in [0.15, 0.2) is 56.2 Å². The number of halogens is 2. The normalized spacial score (nSPS) is 12.1. The van der Waals surface area contributed by atoms with Gasteiger partial charge in [-0.3, -0.25) is 9.59 Å². The highest BCUT2D eigenvalue weighted by Gasteiger charge is 2.22. The van der Waals surface area contributed by atoms with Crippen LogP contribution in [0.4, 0.5) is 0 Å². The fourth-order valence-electron chi connectivity index (χ4n) is 2.61. The first-order chi connectivity index (χ1) is 11.9. The van der Waals surface area contributed by atoms with Crippen molar-refractivity contribution in [2.75, 3.05) is 0 Å². The summed E-state index contributed by atoms with van der Waals surface area (Å²) in [5.74, 6) is -0.980. The van der Waals surface area contributed by atoms with Crippen LogP contribution in [0.2, 0.25) is 0 Å². The Hall–Kier alpha value is -2.12. The lowest BCUT2D eigenvalue weighted by Crippen LogP contribution is -2.31. The quantitative estimate of drug-likeness (QED) is 0.540. The summed E-state index contributed by atoms with van der Waals surface area (Å²) in [7, 11) is 0. The number of pyridine rings is 1. The molecule has 25 heavy (non-hydrogen) atoms. The molecule has 1 atom stereocenters. The fourth-order valence-corrected chi connectivity index (χ4v) is 3.93. The fraction of sp³-hybridized carbons (Fsp3) is 0.111. The number of aromatic amines is 1. The highest BCUT2D eigenvalue weighted by Crippen LogP contribution is 2.33. The van der Waals surface area contributed by atoms with E-state index in [0.717, 1.165) is 5.56 Å². The molecule has 128 valence electrons. The van der Waals surface area contributed by atoms with Crippen LogP contribution in [-0.2, 0) is 0 Å². The van der Waals surface area contributed by atoms with Gasteiger partial charge in [-0.1, -0.05) is 46.3 Å². The molecule has 3 aromatic rings. The van der Waals surface area contributed by atoms with Crippen LogP contribution in [0, 0.1) is 0 Å². The molecule has 0 saturated carbocycles. The Labute approximate surface area is 160 Å². The Balaban J connectivity index is 2.03. The lowest BCUT2D eigenvalue weighted by molar-refractivity contribution is 0.0936. The van der Waals surface area contributed by atoms with Crippen LogP contribution in [0.3, 0.4) is 0 Å². The van der Waals surface area contributed by atoms with Crippen molar-refractivity contribution >= 4 is 48.7 Å². The SMILES string of the molecule is C[C@H](NC(=O)c1c(O)c2cc(Br)cc(Br)c2[nH]c1=O)c1ccccc1. The molecule has 2 aromatic carbocycles. The molecule has 0 unspecified atom stereocenters. The molecule has 3 rings (SSSR count). The van der Waals surface area contributed by atoms with Crippen molar-refractivity contribution < 1.29 is 9.90 Å². The van der Waals surface area contributed by atoms with Gasteiger partial charge in [0.05, 0.1) is 11.6 Å². The lowest BCUT2D eigenvalue weighted by Gasteiger charge is -2.15. The number of aromatic hydroxyl groups is 1. The summed E-state index contributed by atoms with van der Waals surface area (Å²) in [6.45, 7) is 1.81. The maximum Gasteiger partial charge on any atom is 0.265 e. The third-order valence-corrected chi connectivity index (χ3v) is 4.97. The number of amides is 1. The maximum absolute atomic E-state index is 12.6. The zero-order valence-corrected chi connectivity index (χ0v) is 16.3. The van der Waals surface area contributed by atoms with E-state index in [4.69, 9.17) is 0 Å². The number of H-pyrrole nitrogens is 1. The number of fused-ring (bicyclic) bond motifs is 1. The summed E-state index contributed by atoms with van der Waals surface area (Å²) in [4.78, 5) is 27.6. The minimum atomic E-state index is -0.647. The van der Waals surface area contributed by atoms with E-state index in [1.807, 2.05) is 37.3 Å². The second-order valence-corrected chi connectivity index (χ2v) is 7.36. The molecule has 0 aliphatic heterocycles. The molecule has 0 saturated heterocycles. The Morgan fingerprint density at radius 3 is 2.56 bits per heavy atom. The largest absolute Gasteiger partial charge is 0.506 e. The van der Waals surface area contributed by atoms with E-state index in [0.29, 0.717) is 19.8 Å². The first-order valence-corrected chi connectivity index (χ1v) is 9.07. The number of carbonyl (C=O) groups excluding carboxylic acids is 1. The molecule has 0 bridgehead atoms. The van der Waals surface area contributed by atoms with Crippen molar-refractivity contribution in [1.82, 2.24) is 10.3 Å². The molecule has 7 heteroatoms. The zero-order valence-electron chi connectivity index (χ0n) is 13.1. The van der Waals surface area contributed by atoms with E-state index in [-0.39, 0.29) is 17.4 Å². The van der Waals surface area contributed by atoms with Crippen molar-refractivity contribution in [2.45, 2.75) is 13.0 Å². The van der Waals surface area contributed by atoms with Crippen LogP contribution in [0.1, 0.15) is 28.9 Å². The molecule has 1 heterocycles. The van der Waals surface area contributed by atoms with Crippen LogP contribution >= 0.6 is 31.9 Å². The minimum Gasteiger partial charge on any atom is -0.506 e. The van der Waals surface area contributed by atoms with Crippen LogP contribution in [-0.4, -0.2) is 16.0 Å². The molecule has 0 aliphatic carbocycles. The Morgan fingerprint density at radius 1 is 1.20 bits per heavy atom. The number of carbonyl (C=O) groups is 1. The number of hydrogen-bond donors (Lipinski definition) is 3. The van der Waals surface area contributed by atoms with Gasteiger partial charge in [0.1, 0.15) is 11.3 Å². The van der Waals surface area contributed by atoms with Crippen LogP contribution in [0.5, 0.6) is 5.75 Å². The molecule has 5 nitrogen and oxygen atoms in total. The first kappa shape index (κ1) is 17.7. The van der Waals surface area contributed by atoms with Gasteiger partial charge in [0.25, 0.3) is 11.5 Å². The van der Waals surface area contributed by atoms with E-state index in [1.54, 1.807) is 12.1 Å². The summed E-state index contributed by atoms with van der Waals surface area (Å²) < 4.78 is 1.31. The van der Waals surface area contributed by atoms with Gasteiger partial charge in [-0.05, 0) is 40.5 Å². The Kier molecular flexibility index (Phi) is 4.96. The monoisotopic (exact) mass is 464 g/mol. The third-order valence-electron chi connectivity index (χ3n) is 3.89. The van der Waals surface area contributed by atoms with Gasteiger partial charge >= 0.3 is 0 Å². The van der Waals surface area contributed by atoms with E-state index in [9.17, 15) is 14.7 Å². The van der Waals surface area contributed by atoms with Gasteiger partial charge in [-0.25, -0.2) is 0 Å². The molecular formula is C18H14Br2N2O3. The van der Waals surface area contributed by atoms with Crippen molar-refractivity contribution in [3.05, 3.63) is 72.9 Å². The predicted octanol–water partition coefficient (Wildman–Crippen LogP) is 4.25. The molecule has 1 amide bonds. The second kappa shape index (κ2) is 7.01. The number of rotatable bonds is 3. The number of nitrogens with one attached hydrogen (secondary N) is 2. The average molecular weight is 466 g/mol. The number of aromatic nitrogens is 1. The zero-order chi connectivity index (χ0) is 18.1. The second-order valence-electron chi connectivity index (χ2n) is 5.59. The first-order valence-electron chi connectivity index (χ1n) is 7.48. The average Bonchev–Trinajstić information content (AvgIpc) is 2.57. The van der Waals surface area contributed by atoms with E-state index < -0.39 is 11.5 Å². The van der Waals surface area contributed by atoms with Crippen molar-refractivity contribution in [3.63, 3.8) is 0 Å². The van der Waals surface area contributed by atoms with Gasteiger partial charge in [0.15, 0.2) is 0 Å². The van der Waals surface area contributed by atoms with Crippen molar-refractivity contribution in [1.29, 1.82) is 0 Å². The van der Waals surface area contributed by atoms with Gasteiger partial charge < -0.3 is 15.4 Å². The number of hydrogen-bond acceptors (Lipinski definition) is 3. The Bertz CT molecular complexity index is 1020. The molecule has 1 aromatic heterocycles. The smallest absolute Gasteiger partial charge is 0.265 e. The highest BCUT2D eigenvalue weighted by molar-refractivity contribution is 9.11. The molecule has 0 aliphatic rings. The van der Waals surface area contributed by atoms with Crippen molar-refractivity contribution in [3.8, 4) is 5.75 Å². The summed E-state index contributed by atoms with van der Waals surface area (Å²) in [6, 6.07) is 12.5. The van der Waals surface area contributed by atoms with E-state index >= 15 is 0 Å². The summed E-state index contributed by atoms with van der Waals surface area (Å²) in [6.07, 6.45) is 0. The predicted molar refractivity (Wildman–Crippen MR) is 104 cm³/mol. The molecule has 0 fully saturated rings. The summed E-state index contributed by atoms with van der Waals surface area (Å²) >= 11 is 6.67. The summed E-state index contributed by atoms with van der Waals surface area (Å²) in [5, 5.41) is 13.6. The lowest BCUT2D eigenvalue weighted by atomic mass is 10.1. The van der Waals surface area contributed by atoms with E-state index in [2.05, 4.69) is 42.2 Å². The number of benzene rings is 2. The summed E-state index contributed by atoms with van der Waals surface area (Å²) in [5.41, 5.74) is 0.377. The topological polar surface area (TPSA) is 82.2 Å². The van der Waals surface area contributed by atoms with E-state index in [1.165, 1.54) is 0 Å². The minimum absolute atomic E-state index is 0.305. The van der Waals surface area contributed by atoms with Crippen molar-refractivity contribution in [2.24, 2.45) is 0 Å². The Morgan fingerprint density at radius 2 is 1.88 bits per heavy atom. The van der Waals surface area contributed by atoms with Crippen LogP contribution < -0.4 is 10.9 Å². The van der Waals surface area contributed by atoms with Gasteiger partial charge in [0.2, 0.25) is 0 Å². The highest BCUT2D eigenvalue weighted by atomic mass is 79.9. The van der Waals surface area contributed by atoms with Gasteiger partial charge in [-0.2, -0.15) is 0 Å². The standard InChI is InChI=1S/C18H14Br2N2O3/c1-9(10-5-3-2-4-6-10)21-17(24)14-16(23)12-7-11(19)8-13(20)15(12)22-18(14)25/h2-9H,1H3,(H,21,24)(H2,22,23,25)/t9-/m0/s1. The third kappa shape index (κ3) is 3.48. The van der Waals surface area contributed by atoms with Gasteiger partial charge in [0, 0.05) is 14.3 Å². The maximum atomic E-state index is 12.6. The van der Waals surface area contributed by atoms with Crippen LogP contribution in [0.25, 0.3) is 10.9 Å². The molecule has 0 spiro atoms. The molecule has 0 radical (unpaired) electrons.